The van der Waals surface area contributed by atoms with Crippen molar-refractivity contribution in [2.24, 2.45) is 11.3 Å². The first kappa shape index (κ1) is 17.8. The van der Waals surface area contributed by atoms with Crippen LogP contribution in [0.4, 0.5) is 0 Å². The van der Waals surface area contributed by atoms with Crippen LogP contribution in [-0.4, -0.2) is 26.2 Å². The van der Waals surface area contributed by atoms with Crippen LogP contribution in [0.25, 0.3) is 0 Å². The SMILES string of the molecule is CCCCCCC1C=C2CC(C(=O)OC)(C(=O)OC)CC2=CC1. The topological polar surface area (TPSA) is 52.6 Å². The predicted octanol–water partition coefficient (Wildman–Crippen LogP) is 3.96. The Morgan fingerprint density at radius 2 is 1.74 bits per heavy atom. The molecule has 0 heterocycles. The maximum absolute atomic E-state index is 12.2. The van der Waals surface area contributed by atoms with E-state index >= 15 is 0 Å². The minimum absolute atomic E-state index is 0.404. The van der Waals surface area contributed by atoms with Crippen molar-refractivity contribution in [1.29, 1.82) is 0 Å². The summed E-state index contributed by atoms with van der Waals surface area (Å²) in [5.74, 6) is -0.447. The first-order valence-electron chi connectivity index (χ1n) is 8.64. The highest BCUT2D eigenvalue weighted by atomic mass is 16.5. The molecule has 0 aromatic heterocycles. The molecule has 0 N–H and O–H groups in total. The van der Waals surface area contributed by atoms with E-state index in [9.17, 15) is 9.59 Å². The summed E-state index contributed by atoms with van der Waals surface area (Å²) < 4.78 is 9.78. The van der Waals surface area contributed by atoms with Crippen LogP contribution in [0.5, 0.6) is 0 Å². The Bertz CT molecular complexity index is 499. The third-order valence-corrected chi connectivity index (χ3v) is 5.08. The van der Waals surface area contributed by atoms with E-state index in [4.69, 9.17) is 9.47 Å². The normalized spacial score (nSPS) is 22.0. The Hall–Kier alpha value is -1.58. The summed E-state index contributed by atoms with van der Waals surface area (Å²) in [6.07, 6.45) is 12.5. The number of esters is 2. The summed E-state index contributed by atoms with van der Waals surface area (Å²) in [6.45, 7) is 2.22. The Balaban J connectivity index is 2.09. The molecule has 128 valence electrons. The van der Waals surface area contributed by atoms with Gasteiger partial charge in [-0.3, -0.25) is 9.59 Å². The predicted molar refractivity (Wildman–Crippen MR) is 88.7 cm³/mol. The molecule has 1 unspecified atom stereocenters. The van der Waals surface area contributed by atoms with Crippen LogP contribution in [0.2, 0.25) is 0 Å². The Labute approximate surface area is 138 Å². The van der Waals surface area contributed by atoms with Gasteiger partial charge in [-0.25, -0.2) is 0 Å². The van der Waals surface area contributed by atoms with E-state index in [1.54, 1.807) is 0 Å². The molecule has 0 radical (unpaired) electrons. The average Bonchev–Trinajstić information content (AvgIpc) is 2.97. The van der Waals surface area contributed by atoms with Crippen LogP contribution < -0.4 is 0 Å². The molecule has 2 aliphatic carbocycles. The minimum atomic E-state index is -1.18. The molecule has 1 atom stereocenters. The van der Waals surface area contributed by atoms with E-state index < -0.39 is 17.4 Å². The quantitative estimate of drug-likeness (QED) is 0.405. The van der Waals surface area contributed by atoms with Gasteiger partial charge in [-0.05, 0) is 42.7 Å². The molecule has 0 aromatic rings. The number of methoxy groups -OCH3 is 2. The molecule has 0 amide bonds. The number of fused-ring (bicyclic) bond motifs is 1. The van der Waals surface area contributed by atoms with Gasteiger partial charge in [-0.15, -0.1) is 0 Å². The van der Waals surface area contributed by atoms with Crippen molar-refractivity contribution in [3.8, 4) is 0 Å². The molecule has 2 aliphatic rings. The second-order valence-corrected chi connectivity index (χ2v) is 6.69. The Morgan fingerprint density at radius 1 is 1.09 bits per heavy atom. The summed E-state index contributed by atoms with van der Waals surface area (Å²) in [4.78, 5) is 24.5. The largest absolute Gasteiger partial charge is 0.468 e. The van der Waals surface area contributed by atoms with Gasteiger partial charge in [0.05, 0.1) is 14.2 Å². The van der Waals surface area contributed by atoms with Crippen molar-refractivity contribution in [3.05, 3.63) is 23.3 Å². The molecule has 23 heavy (non-hydrogen) atoms. The van der Waals surface area contributed by atoms with Gasteiger partial charge in [0.2, 0.25) is 0 Å². The lowest BCUT2D eigenvalue weighted by molar-refractivity contribution is -0.168. The van der Waals surface area contributed by atoms with Gasteiger partial charge in [-0.1, -0.05) is 44.8 Å². The van der Waals surface area contributed by atoms with Crippen molar-refractivity contribution in [3.63, 3.8) is 0 Å². The molecule has 1 saturated carbocycles. The summed E-state index contributed by atoms with van der Waals surface area (Å²) in [7, 11) is 2.66. The standard InChI is InChI=1S/C19H28O4/c1-4-5-6-7-8-14-9-10-15-12-19(17(20)22-2,18(21)23-3)13-16(15)11-14/h10-11,14H,4-9,12-13H2,1-3H3. The molecule has 2 rings (SSSR count). The maximum Gasteiger partial charge on any atom is 0.323 e. The molecular weight excluding hydrogens is 292 g/mol. The molecular formula is C19H28O4. The van der Waals surface area contributed by atoms with Gasteiger partial charge in [0.25, 0.3) is 0 Å². The summed E-state index contributed by atoms with van der Waals surface area (Å²) >= 11 is 0. The first-order chi connectivity index (χ1) is 11.1. The van der Waals surface area contributed by atoms with Crippen LogP contribution in [0.15, 0.2) is 23.3 Å². The van der Waals surface area contributed by atoms with Crippen LogP contribution >= 0.6 is 0 Å². The first-order valence-corrected chi connectivity index (χ1v) is 8.64. The Morgan fingerprint density at radius 3 is 2.35 bits per heavy atom. The number of hydrogen-bond donors (Lipinski definition) is 0. The number of hydrogen-bond acceptors (Lipinski definition) is 4. The highest BCUT2D eigenvalue weighted by Gasteiger charge is 2.54. The average molecular weight is 320 g/mol. The number of allylic oxidation sites excluding steroid dienone is 4. The van der Waals surface area contributed by atoms with E-state index in [1.807, 2.05) is 0 Å². The van der Waals surface area contributed by atoms with Gasteiger partial charge in [0.1, 0.15) is 0 Å². The van der Waals surface area contributed by atoms with Gasteiger partial charge in [0, 0.05) is 0 Å². The maximum atomic E-state index is 12.2. The van der Waals surface area contributed by atoms with Crippen LogP contribution in [0.3, 0.4) is 0 Å². The number of ether oxygens (including phenoxy) is 2. The number of unbranched alkanes of at least 4 members (excludes halogenated alkanes) is 3. The van der Waals surface area contributed by atoms with Gasteiger partial charge >= 0.3 is 11.9 Å². The van der Waals surface area contributed by atoms with E-state index in [0.29, 0.717) is 18.8 Å². The highest BCUT2D eigenvalue weighted by Crippen LogP contribution is 2.49. The third kappa shape index (κ3) is 3.67. The highest BCUT2D eigenvalue weighted by molar-refractivity contribution is 6.02. The van der Waals surface area contributed by atoms with Crippen molar-refractivity contribution in [1.82, 2.24) is 0 Å². The molecule has 4 nitrogen and oxygen atoms in total. The van der Waals surface area contributed by atoms with Gasteiger partial charge in [0.15, 0.2) is 5.41 Å². The number of carbonyl (C=O) groups is 2. The lowest BCUT2D eigenvalue weighted by atomic mass is 9.85. The van der Waals surface area contributed by atoms with E-state index in [2.05, 4.69) is 19.1 Å². The van der Waals surface area contributed by atoms with Crippen molar-refractivity contribution in [2.45, 2.75) is 58.3 Å². The van der Waals surface area contributed by atoms with Crippen LogP contribution in [0.1, 0.15) is 58.3 Å². The molecule has 0 aromatic carbocycles. The number of rotatable bonds is 7. The fraction of sp³-hybridized carbons (Fsp3) is 0.684. The van der Waals surface area contributed by atoms with Crippen molar-refractivity contribution < 1.29 is 19.1 Å². The fourth-order valence-electron chi connectivity index (χ4n) is 3.75. The summed E-state index contributed by atoms with van der Waals surface area (Å²) in [6, 6.07) is 0. The third-order valence-electron chi connectivity index (χ3n) is 5.08. The molecule has 0 saturated heterocycles. The minimum Gasteiger partial charge on any atom is -0.468 e. The van der Waals surface area contributed by atoms with Crippen LogP contribution in [0, 0.1) is 11.3 Å². The van der Waals surface area contributed by atoms with E-state index in [-0.39, 0.29) is 0 Å². The molecule has 0 spiro atoms. The lowest BCUT2D eigenvalue weighted by Crippen LogP contribution is -2.38. The molecule has 0 aliphatic heterocycles. The van der Waals surface area contributed by atoms with Crippen molar-refractivity contribution >= 4 is 11.9 Å². The molecule has 0 bridgehead atoms. The summed E-state index contributed by atoms with van der Waals surface area (Å²) in [5.41, 5.74) is 1.07. The molecule has 4 heteroatoms. The smallest absolute Gasteiger partial charge is 0.323 e. The Kier molecular flexibility index (Phi) is 6.03. The zero-order valence-corrected chi connectivity index (χ0v) is 14.5. The van der Waals surface area contributed by atoms with Gasteiger partial charge in [-0.2, -0.15) is 0 Å². The zero-order valence-electron chi connectivity index (χ0n) is 14.5. The lowest BCUT2D eigenvalue weighted by Gasteiger charge is -2.21. The van der Waals surface area contributed by atoms with E-state index in [1.165, 1.54) is 46.3 Å². The second-order valence-electron chi connectivity index (χ2n) is 6.69. The monoisotopic (exact) mass is 320 g/mol. The zero-order chi connectivity index (χ0) is 16.9. The van der Waals surface area contributed by atoms with Crippen LogP contribution in [-0.2, 0) is 19.1 Å². The van der Waals surface area contributed by atoms with Crippen molar-refractivity contribution in [2.75, 3.05) is 14.2 Å². The number of carbonyl (C=O) groups excluding carboxylic acids is 2. The van der Waals surface area contributed by atoms with E-state index in [0.717, 1.165) is 17.6 Å². The van der Waals surface area contributed by atoms with Gasteiger partial charge < -0.3 is 9.47 Å². The molecule has 1 fully saturated rings. The fourth-order valence-corrected chi connectivity index (χ4v) is 3.75. The summed E-state index contributed by atoms with van der Waals surface area (Å²) in [5, 5.41) is 0. The second kappa shape index (κ2) is 7.80.